The van der Waals surface area contributed by atoms with E-state index in [2.05, 4.69) is 9.97 Å². The Labute approximate surface area is 100 Å². The fraction of sp³-hybridized carbons (Fsp3) is 0.556. The summed E-state index contributed by atoms with van der Waals surface area (Å²) >= 11 is 0. The first kappa shape index (κ1) is 12.1. The number of nitrogens with two attached hydrogens (primary N) is 1. The molecule has 1 saturated heterocycles. The van der Waals surface area contributed by atoms with Crippen LogP contribution in [0.15, 0.2) is 12.4 Å². The smallest absolute Gasteiger partial charge is 0.211 e. The maximum atomic E-state index is 11.3. The Balaban J connectivity index is 2.02. The Hall–Kier alpha value is -1.41. The normalized spacial score (nSPS) is 18.3. The molecule has 0 aliphatic carbocycles. The van der Waals surface area contributed by atoms with Gasteiger partial charge < -0.3 is 10.6 Å². The minimum Gasteiger partial charge on any atom is -0.382 e. The molecule has 0 atom stereocenters. The van der Waals surface area contributed by atoms with Crippen molar-refractivity contribution in [3.05, 3.63) is 12.4 Å². The first-order valence-electron chi connectivity index (χ1n) is 5.24. The maximum absolute atomic E-state index is 11.3. The zero-order valence-electron chi connectivity index (χ0n) is 9.57. The number of anilines is 2. The molecule has 1 aliphatic rings. The Bertz CT molecular complexity index is 479. The first-order valence-corrected chi connectivity index (χ1v) is 7.09. The zero-order chi connectivity index (χ0) is 12.5. The molecule has 0 radical (unpaired) electrons. The highest BCUT2D eigenvalue weighted by Gasteiger charge is 2.23. The van der Waals surface area contributed by atoms with E-state index >= 15 is 0 Å². The third-order valence-electron chi connectivity index (χ3n) is 2.69. The van der Waals surface area contributed by atoms with Crippen LogP contribution >= 0.6 is 0 Å². The van der Waals surface area contributed by atoms with Gasteiger partial charge in [-0.05, 0) is 0 Å². The molecular weight excluding hydrogens is 242 g/mol. The van der Waals surface area contributed by atoms with E-state index in [1.165, 1.54) is 16.8 Å². The van der Waals surface area contributed by atoms with Gasteiger partial charge in [-0.3, -0.25) is 0 Å². The van der Waals surface area contributed by atoms with Crippen molar-refractivity contribution in [3.63, 3.8) is 0 Å². The molecule has 0 spiro atoms. The monoisotopic (exact) mass is 257 g/mol. The lowest BCUT2D eigenvalue weighted by Gasteiger charge is -2.33. The number of rotatable bonds is 2. The van der Waals surface area contributed by atoms with Gasteiger partial charge in [0.2, 0.25) is 10.0 Å². The highest BCUT2D eigenvalue weighted by molar-refractivity contribution is 7.88. The second-order valence-corrected chi connectivity index (χ2v) is 5.93. The molecular formula is C9H15N5O2S. The summed E-state index contributed by atoms with van der Waals surface area (Å²) in [4.78, 5) is 10.1. The van der Waals surface area contributed by atoms with Crippen LogP contribution in [0.3, 0.4) is 0 Å². The van der Waals surface area contributed by atoms with E-state index in [0.29, 0.717) is 32.0 Å². The topological polar surface area (TPSA) is 92.4 Å². The van der Waals surface area contributed by atoms with Crippen molar-refractivity contribution in [1.82, 2.24) is 14.3 Å². The van der Waals surface area contributed by atoms with Gasteiger partial charge in [-0.15, -0.1) is 0 Å². The van der Waals surface area contributed by atoms with Crippen LogP contribution in [0.1, 0.15) is 0 Å². The van der Waals surface area contributed by atoms with Crippen molar-refractivity contribution in [1.29, 1.82) is 0 Å². The van der Waals surface area contributed by atoms with Gasteiger partial charge in [-0.1, -0.05) is 0 Å². The van der Waals surface area contributed by atoms with E-state index in [4.69, 9.17) is 5.73 Å². The highest BCUT2D eigenvalue weighted by Crippen LogP contribution is 2.13. The molecule has 1 aromatic heterocycles. The Morgan fingerprint density at radius 3 is 2.29 bits per heavy atom. The Morgan fingerprint density at radius 1 is 1.18 bits per heavy atom. The van der Waals surface area contributed by atoms with Crippen molar-refractivity contribution in [2.24, 2.45) is 0 Å². The number of aromatic nitrogens is 2. The molecule has 0 amide bonds. The van der Waals surface area contributed by atoms with Crippen LogP contribution in [0.25, 0.3) is 0 Å². The molecule has 0 aromatic carbocycles. The van der Waals surface area contributed by atoms with E-state index < -0.39 is 10.0 Å². The van der Waals surface area contributed by atoms with Crippen LogP contribution in [0.4, 0.5) is 11.6 Å². The Kier molecular flexibility index (Phi) is 3.16. The third kappa shape index (κ3) is 2.83. The number of hydrogen-bond donors (Lipinski definition) is 1. The van der Waals surface area contributed by atoms with Crippen LogP contribution in [0, 0.1) is 0 Å². The maximum Gasteiger partial charge on any atom is 0.211 e. The molecule has 1 fully saturated rings. The number of nitrogens with zero attached hydrogens (tertiary/aromatic N) is 4. The van der Waals surface area contributed by atoms with Gasteiger partial charge in [0.15, 0.2) is 0 Å². The van der Waals surface area contributed by atoms with Crippen LogP contribution in [-0.4, -0.2) is 55.1 Å². The summed E-state index contributed by atoms with van der Waals surface area (Å²) in [5.41, 5.74) is 5.46. The van der Waals surface area contributed by atoms with Crippen molar-refractivity contribution >= 4 is 21.7 Å². The zero-order valence-corrected chi connectivity index (χ0v) is 10.4. The van der Waals surface area contributed by atoms with E-state index in [9.17, 15) is 8.42 Å². The number of nitrogen functional groups attached to an aromatic ring is 1. The highest BCUT2D eigenvalue weighted by atomic mass is 32.2. The molecule has 1 aliphatic heterocycles. The molecule has 0 unspecified atom stereocenters. The van der Waals surface area contributed by atoms with Crippen LogP contribution in [-0.2, 0) is 10.0 Å². The molecule has 0 saturated carbocycles. The summed E-state index contributed by atoms with van der Waals surface area (Å²) in [6.07, 6.45) is 4.33. The summed E-state index contributed by atoms with van der Waals surface area (Å²) in [6, 6.07) is 0. The van der Waals surface area contributed by atoms with Crippen LogP contribution in [0.5, 0.6) is 0 Å². The molecule has 2 rings (SSSR count). The van der Waals surface area contributed by atoms with Crippen molar-refractivity contribution in [2.75, 3.05) is 43.1 Å². The summed E-state index contributed by atoms with van der Waals surface area (Å²) in [5, 5.41) is 0. The first-order chi connectivity index (χ1) is 7.97. The summed E-state index contributed by atoms with van der Waals surface area (Å²) in [5.74, 6) is 1.11. The van der Waals surface area contributed by atoms with Crippen LogP contribution in [0.2, 0.25) is 0 Å². The number of sulfonamides is 1. The summed E-state index contributed by atoms with van der Waals surface area (Å²) < 4.78 is 24.1. The molecule has 17 heavy (non-hydrogen) atoms. The van der Waals surface area contributed by atoms with Gasteiger partial charge in [0.05, 0.1) is 18.6 Å². The number of hydrogen-bond acceptors (Lipinski definition) is 6. The largest absolute Gasteiger partial charge is 0.382 e. The van der Waals surface area contributed by atoms with E-state index in [0.717, 1.165) is 5.82 Å². The second-order valence-electron chi connectivity index (χ2n) is 3.95. The predicted octanol–water partition coefficient (Wildman–Crippen LogP) is -0.860. The standard InChI is InChI=1S/C9H15N5O2S/c1-17(15,16)14-4-2-13(3-5-14)9-7-11-8(10)6-12-9/h6-7H,2-5H2,1H3,(H2,10,11). The molecule has 1 aromatic rings. The third-order valence-corrected chi connectivity index (χ3v) is 3.99. The second kappa shape index (κ2) is 4.46. The minimum atomic E-state index is -3.09. The van der Waals surface area contributed by atoms with Gasteiger partial charge in [0, 0.05) is 26.2 Å². The minimum absolute atomic E-state index is 0.378. The van der Waals surface area contributed by atoms with Gasteiger partial charge in [0.1, 0.15) is 11.6 Å². The van der Waals surface area contributed by atoms with Crippen LogP contribution < -0.4 is 10.6 Å². The van der Waals surface area contributed by atoms with Gasteiger partial charge >= 0.3 is 0 Å². The molecule has 2 N–H and O–H groups in total. The SMILES string of the molecule is CS(=O)(=O)N1CCN(c2cnc(N)cn2)CC1. The predicted molar refractivity (Wildman–Crippen MR) is 65.1 cm³/mol. The quantitative estimate of drug-likeness (QED) is 0.741. The van der Waals surface area contributed by atoms with Gasteiger partial charge in [-0.2, -0.15) is 4.31 Å². The lowest BCUT2D eigenvalue weighted by atomic mass is 10.3. The van der Waals surface area contributed by atoms with E-state index in [-0.39, 0.29) is 0 Å². The lowest BCUT2D eigenvalue weighted by Crippen LogP contribution is -2.48. The summed E-state index contributed by atoms with van der Waals surface area (Å²) in [7, 11) is -3.09. The van der Waals surface area contributed by atoms with Crippen molar-refractivity contribution in [3.8, 4) is 0 Å². The molecule has 2 heterocycles. The molecule has 94 valence electrons. The molecule has 8 heteroatoms. The fourth-order valence-electron chi connectivity index (χ4n) is 1.74. The molecule has 0 bridgehead atoms. The van der Waals surface area contributed by atoms with Crippen molar-refractivity contribution in [2.45, 2.75) is 0 Å². The summed E-state index contributed by atoms with van der Waals surface area (Å²) in [6.45, 7) is 2.19. The van der Waals surface area contributed by atoms with E-state index in [1.54, 1.807) is 6.20 Å². The molecule has 7 nitrogen and oxygen atoms in total. The van der Waals surface area contributed by atoms with Crippen molar-refractivity contribution < 1.29 is 8.42 Å². The Morgan fingerprint density at radius 2 is 1.82 bits per heavy atom. The number of piperazine rings is 1. The average molecular weight is 257 g/mol. The lowest BCUT2D eigenvalue weighted by molar-refractivity contribution is 0.387. The van der Waals surface area contributed by atoms with Gasteiger partial charge in [0.25, 0.3) is 0 Å². The fourth-order valence-corrected chi connectivity index (χ4v) is 2.57. The van der Waals surface area contributed by atoms with E-state index in [1.807, 2.05) is 4.90 Å². The average Bonchev–Trinajstić information content (AvgIpc) is 2.29. The van der Waals surface area contributed by atoms with Gasteiger partial charge in [-0.25, -0.2) is 18.4 Å².